The topological polar surface area (TPSA) is 116 Å². The van der Waals surface area contributed by atoms with E-state index in [4.69, 9.17) is 5.73 Å². The van der Waals surface area contributed by atoms with Crippen LogP contribution in [0.2, 0.25) is 0 Å². The number of aliphatic hydroxyl groups is 1. The minimum Gasteiger partial charge on any atom is -0.377 e. The number of aliphatic hydroxyl groups excluding tert-OH is 1. The number of thioether (sulfide) groups is 1. The van der Waals surface area contributed by atoms with Gasteiger partial charge >= 0.3 is 0 Å². The molecule has 162 valence electrons. The van der Waals surface area contributed by atoms with Crippen molar-refractivity contribution in [2.24, 2.45) is 5.73 Å². The molecule has 0 bridgehead atoms. The van der Waals surface area contributed by atoms with Gasteiger partial charge in [-0.1, -0.05) is 17.7 Å². The Hall–Kier alpha value is -2.95. The highest BCUT2D eigenvalue weighted by Gasteiger charge is 2.35. The first-order valence-electron chi connectivity index (χ1n) is 9.99. The molecule has 1 aromatic heterocycles. The molecular weight excluding hydrogens is 416 g/mol. The minimum atomic E-state index is -1.27. The molecule has 0 aliphatic carbocycles. The highest BCUT2D eigenvalue weighted by atomic mass is 32.2. The van der Waals surface area contributed by atoms with Crippen molar-refractivity contribution in [3.05, 3.63) is 52.7 Å². The monoisotopic (exact) mass is 440 g/mol. The van der Waals surface area contributed by atoms with Crippen LogP contribution >= 0.6 is 11.8 Å². The summed E-state index contributed by atoms with van der Waals surface area (Å²) < 4.78 is 0. The number of aromatic nitrogens is 2. The molecule has 2 saturated heterocycles. The minimum absolute atomic E-state index is 0.234. The number of amides is 2. The fourth-order valence-electron chi connectivity index (χ4n) is 3.49. The summed E-state index contributed by atoms with van der Waals surface area (Å²) in [6, 6.07) is 10.2. The largest absolute Gasteiger partial charge is 0.377 e. The molecule has 1 unspecified atom stereocenters. The highest BCUT2D eigenvalue weighted by Crippen LogP contribution is 2.32. The number of carbonyl (C=O) groups is 2. The van der Waals surface area contributed by atoms with Crippen LogP contribution in [0.15, 0.2) is 41.4 Å². The quantitative estimate of drug-likeness (QED) is 0.526. The van der Waals surface area contributed by atoms with Gasteiger partial charge in [-0.05, 0) is 43.0 Å². The number of anilines is 2. The predicted octanol–water partition coefficient (Wildman–Crippen LogP) is 1.43. The Balaban J connectivity index is 1.43. The lowest BCUT2D eigenvalue weighted by molar-refractivity contribution is -0.123. The molecule has 2 amide bonds. The molecule has 3 heterocycles. The van der Waals surface area contributed by atoms with Gasteiger partial charge in [-0.3, -0.25) is 14.5 Å². The van der Waals surface area contributed by atoms with Crippen molar-refractivity contribution >= 4 is 40.6 Å². The Bertz CT molecular complexity index is 1000. The number of piperazine rings is 1. The summed E-state index contributed by atoms with van der Waals surface area (Å²) in [5.41, 5.74) is 8.29. The lowest BCUT2D eigenvalue weighted by atomic mass is 10.2. The van der Waals surface area contributed by atoms with E-state index in [9.17, 15) is 14.7 Å². The van der Waals surface area contributed by atoms with Gasteiger partial charge < -0.3 is 20.6 Å². The van der Waals surface area contributed by atoms with Crippen LogP contribution in [0.3, 0.4) is 0 Å². The number of β-amino-alcohol motifs (C(OH)–C–C–N with tert-alkyl or cyclic N) is 1. The molecule has 2 aliphatic rings. The molecular formula is C21H24N6O3S. The third-order valence-electron chi connectivity index (χ3n) is 5.15. The van der Waals surface area contributed by atoms with E-state index in [1.807, 2.05) is 0 Å². The van der Waals surface area contributed by atoms with Gasteiger partial charge in [-0.25, -0.2) is 9.97 Å². The fraction of sp³-hybridized carbons (Fsp3) is 0.333. The zero-order chi connectivity index (χ0) is 22.0. The maximum atomic E-state index is 12.4. The molecule has 4 rings (SSSR count). The number of hydrogen-bond donors (Lipinski definition) is 2. The van der Waals surface area contributed by atoms with Crippen LogP contribution in [-0.4, -0.2) is 70.1 Å². The van der Waals surface area contributed by atoms with Crippen LogP contribution in [0.5, 0.6) is 0 Å². The molecule has 0 radical (unpaired) electrons. The van der Waals surface area contributed by atoms with E-state index < -0.39 is 17.4 Å². The molecule has 1 atom stereocenters. The van der Waals surface area contributed by atoms with E-state index in [0.717, 1.165) is 42.8 Å². The van der Waals surface area contributed by atoms with Gasteiger partial charge in [-0.15, -0.1) is 0 Å². The zero-order valence-corrected chi connectivity index (χ0v) is 18.0. The number of nitrogens with zero attached hydrogens (tertiary/aromatic N) is 5. The van der Waals surface area contributed by atoms with Crippen molar-refractivity contribution in [3.63, 3.8) is 0 Å². The summed E-state index contributed by atoms with van der Waals surface area (Å²) >= 11 is 0.810. The highest BCUT2D eigenvalue weighted by molar-refractivity contribution is 8.18. The van der Waals surface area contributed by atoms with E-state index in [1.54, 1.807) is 18.3 Å². The van der Waals surface area contributed by atoms with Crippen molar-refractivity contribution in [1.82, 2.24) is 14.9 Å². The normalized spacial score (nSPS) is 19.5. The van der Waals surface area contributed by atoms with E-state index in [0.29, 0.717) is 11.6 Å². The number of benzene rings is 1. The van der Waals surface area contributed by atoms with Gasteiger partial charge in [0, 0.05) is 38.1 Å². The summed E-state index contributed by atoms with van der Waals surface area (Å²) in [5.74, 6) is 0.111. The van der Waals surface area contributed by atoms with E-state index in [-0.39, 0.29) is 11.4 Å². The third-order valence-corrected chi connectivity index (χ3v) is 6.06. The van der Waals surface area contributed by atoms with Crippen molar-refractivity contribution in [1.29, 1.82) is 0 Å². The Labute approximate surface area is 184 Å². The van der Waals surface area contributed by atoms with Gasteiger partial charge in [0.2, 0.25) is 5.95 Å². The number of hydrogen-bond acceptors (Lipinski definition) is 9. The molecule has 3 N–H and O–H groups in total. The average molecular weight is 441 g/mol. The molecule has 2 aromatic rings. The molecule has 10 heteroatoms. The van der Waals surface area contributed by atoms with Gasteiger partial charge in [0.15, 0.2) is 0 Å². The molecule has 0 saturated carbocycles. The number of aryl methyl sites for hydroxylation is 1. The number of rotatable bonds is 5. The van der Waals surface area contributed by atoms with Gasteiger partial charge in [0.1, 0.15) is 6.23 Å². The molecule has 9 nitrogen and oxygen atoms in total. The first-order chi connectivity index (χ1) is 14.9. The number of imide groups is 1. The van der Waals surface area contributed by atoms with Crippen LogP contribution < -0.4 is 15.5 Å². The second-order valence-electron chi connectivity index (χ2n) is 7.45. The Morgan fingerprint density at radius 3 is 2.48 bits per heavy atom. The van der Waals surface area contributed by atoms with E-state index in [2.05, 4.69) is 51.0 Å². The van der Waals surface area contributed by atoms with E-state index >= 15 is 0 Å². The SMILES string of the molecule is Cc1ccc(N2CCN(c3nccc(/C=C4\SC(=O)N(CC(N)O)C4=O)n3)CC2)cc1. The molecule has 2 fully saturated rings. The Morgan fingerprint density at radius 2 is 1.81 bits per heavy atom. The van der Waals surface area contributed by atoms with Crippen molar-refractivity contribution in [3.8, 4) is 0 Å². The molecule has 2 aliphatic heterocycles. The Kier molecular flexibility index (Phi) is 6.21. The van der Waals surface area contributed by atoms with Gasteiger partial charge in [0.05, 0.1) is 17.1 Å². The van der Waals surface area contributed by atoms with Crippen molar-refractivity contribution < 1.29 is 14.7 Å². The smallest absolute Gasteiger partial charge is 0.293 e. The lowest BCUT2D eigenvalue weighted by Crippen LogP contribution is -2.47. The van der Waals surface area contributed by atoms with Crippen LogP contribution in [0, 0.1) is 6.92 Å². The van der Waals surface area contributed by atoms with Gasteiger partial charge in [0.25, 0.3) is 11.1 Å². The summed E-state index contributed by atoms with van der Waals surface area (Å²) in [6.45, 7) is 5.12. The molecule has 31 heavy (non-hydrogen) atoms. The average Bonchev–Trinajstić information content (AvgIpc) is 3.01. The second kappa shape index (κ2) is 9.04. The number of nitrogens with two attached hydrogens (primary N) is 1. The van der Waals surface area contributed by atoms with Crippen molar-refractivity contribution in [2.45, 2.75) is 13.2 Å². The maximum Gasteiger partial charge on any atom is 0.293 e. The third kappa shape index (κ3) is 4.87. The predicted molar refractivity (Wildman–Crippen MR) is 121 cm³/mol. The lowest BCUT2D eigenvalue weighted by Gasteiger charge is -2.36. The van der Waals surface area contributed by atoms with Crippen LogP contribution in [-0.2, 0) is 4.79 Å². The van der Waals surface area contributed by atoms with Crippen LogP contribution in [0.1, 0.15) is 11.3 Å². The summed E-state index contributed by atoms with van der Waals surface area (Å²) in [5, 5.41) is 8.83. The summed E-state index contributed by atoms with van der Waals surface area (Å²) in [4.78, 5) is 39.0. The molecule has 0 spiro atoms. The van der Waals surface area contributed by atoms with Crippen LogP contribution in [0.25, 0.3) is 6.08 Å². The fourth-order valence-corrected chi connectivity index (χ4v) is 4.33. The standard InChI is InChI=1S/C21H24N6O3S/c1-14-2-4-16(5-3-14)25-8-10-26(11-9-25)20-23-7-6-15(24-20)12-17-19(29)27(13-18(22)28)21(30)31-17/h2-7,12,18,28H,8-11,13,22H2,1H3/b17-12-. The zero-order valence-electron chi connectivity index (χ0n) is 17.1. The van der Waals surface area contributed by atoms with Crippen molar-refractivity contribution in [2.75, 3.05) is 42.5 Å². The van der Waals surface area contributed by atoms with Gasteiger partial charge in [-0.2, -0.15) is 0 Å². The molecule has 1 aromatic carbocycles. The van der Waals surface area contributed by atoms with E-state index in [1.165, 1.54) is 11.3 Å². The first kappa shape index (κ1) is 21.3. The van der Waals surface area contributed by atoms with Crippen LogP contribution in [0.4, 0.5) is 16.4 Å². The second-order valence-corrected chi connectivity index (χ2v) is 8.44. The summed E-state index contributed by atoms with van der Waals surface area (Å²) in [7, 11) is 0. The first-order valence-corrected chi connectivity index (χ1v) is 10.8. The number of carbonyl (C=O) groups excluding carboxylic acids is 2. The Morgan fingerprint density at radius 1 is 1.13 bits per heavy atom. The maximum absolute atomic E-state index is 12.4. The summed E-state index contributed by atoms with van der Waals surface area (Å²) in [6.07, 6.45) is 1.95.